The van der Waals surface area contributed by atoms with E-state index in [-0.39, 0.29) is 24.7 Å². The minimum atomic E-state index is -1.16. The van der Waals surface area contributed by atoms with Gasteiger partial charge < -0.3 is 14.6 Å². The monoisotopic (exact) mass is 235 g/mol. The molecule has 0 unspecified atom stereocenters. The molecule has 0 spiro atoms. The molecule has 0 bridgehead atoms. The van der Waals surface area contributed by atoms with Crippen LogP contribution >= 0.6 is 0 Å². The summed E-state index contributed by atoms with van der Waals surface area (Å²) in [5.74, 6) is -1.94. The third-order valence-corrected chi connectivity index (χ3v) is 2.40. The molecule has 92 valence electrons. The number of carboxylic acid groups (broad SMARTS) is 1. The SMILES string of the molecule is CCOC(=O)C[C@H](CC(=O)[O-])c1ccccc1. The number of carbonyl (C=O) groups is 2. The van der Waals surface area contributed by atoms with Gasteiger partial charge in [0.1, 0.15) is 0 Å². The highest BCUT2D eigenvalue weighted by Crippen LogP contribution is 2.23. The summed E-state index contributed by atoms with van der Waals surface area (Å²) in [6.07, 6.45) is -0.116. The van der Waals surface area contributed by atoms with E-state index in [0.717, 1.165) is 5.56 Å². The predicted molar refractivity (Wildman–Crippen MR) is 60.1 cm³/mol. The summed E-state index contributed by atoms with van der Waals surface area (Å²) in [5.41, 5.74) is 0.810. The molecular formula is C13H15O4-. The Kier molecular flexibility index (Phi) is 5.20. The molecule has 0 heterocycles. The first kappa shape index (κ1) is 13.2. The first-order chi connectivity index (χ1) is 8.13. The zero-order valence-electron chi connectivity index (χ0n) is 9.72. The highest BCUT2D eigenvalue weighted by molar-refractivity contribution is 5.73. The van der Waals surface area contributed by atoms with Gasteiger partial charge in [0.25, 0.3) is 0 Å². The fourth-order valence-corrected chi connectivity index (χ4v) is 1.66. The van der Waals surface area contributed by atoms with Gasteiger partial charge in [-0.25, -0.2) is 0 Å². The van der Waals surface area contributed by atoms with Crippen molar-refractivity contribution >= 4 is 11.9 Å². The van der Waals surface area contributed by atoms with Crippen LogP contribution in [0.3, 0.4) is 0 Å². The topological polar surface area (TPSA) is 66.4 Å². The average Bonchev–Trinajstić information content (AvgIpc) is 2.29. The van der Waals surface area contributed by atoms with E-state index < -0.39 is 5.97 Å². The Morgan fingerprint density at radius 1 is 1.24 bits per heavy atom. The molecule has 1 aromatic rings. The van der Waals surface area contributed by atoms with Crippen LogP contribution in [0.25, 0.3) is 0 Å². The third-order valence-electron chi connectivity index (χ3n) is 2.40. The number of hydrogen-bond donors (Lipinski definition) is 0. The Morgan fingerprint density at radius 3 is 2.41 bits per heavy atom. The number of carbonyl (C=O) groups excluding carboxylic acids is 2. The lowest BCUT2D eigenvalue weighted by molar-refractivity contribution is -0.306. The molecule has 4 heteroatoms. The molecule has 0 fully saturated rings. The molecule has 0 radical (unpaired) electrons. The van der Waals surface area contributed by atoms with Crippen LogP contribution in [0.1, 0.15) is 31.2 Å². The van der Waals surface area contributed by atoms with Crippen LogP contribution in [0.5, 0.6) is 0 Å². The predicted octanol–water partition coefficient (Wildman–Crippen LogP) is 0.863. The lowest BCUT2D eigenvalue weighted by Gasteiger charge is -2.16. The number of carboxylic acids is 1. The van der Waals surface area contributed by atoms with Gasteiger partial charge in [-0.3, -0.25) is 4.79 Å². The molecule has 0 aromatic heterocycles. The van der Waals surface area contributed by atoms with Gasteiger partial charge in [-0.1, -0.05) is 30.3 Å². The molecule has 1 atom stereocenters. The van der Waals surface area contributed by atoms with E-state index in [4.69, 9.17) is 4.74 Å². The van der Waals surface area contributed by atoms with Crippen molar-refractivity contribution in [2.24, 2.45) is 0 Å². The molecule has 0 saturated heterocycles. The van der Waals surface area contributed by atoms with Gasteiger partial charge in [0.05, 0.1) is 13.0 Å². The number of aliphatic carboxylic acids is 1. The summed E-state index contributed by atoms with van der Waals surface area (Å²) >= 11 is 0. The van der Waals surface area contributed by atoms with E-state index in [0.29, 0.717) is 6.61 Å². The summed E-state index contributed by atoms with van der Waals surface area (Å²) < 4.78 is 4.82. The normalized spacial score (nSPS) is 11.8. The largest absolute Gasteiger partial charge is 0.550 e. The van der Waals surface area contributed by atoms with Crippen molar-refractivity contribution in [3.63, 3.8) is 0 Å². The first-order valence-corrected chi connectivity index (χ1v) is 5.54. The Morgan fingerprint density at radius 2 is 1.88 bits per heavy atom. The van der Waals surface area contributed by atoms with Crippen LogP contribution in [0.15, 0.2) is 30.3 Å². The van der Waals surface area contributed by atoms with Crippen LogP contribution in [-0.2, 0) is 14.3 Å². The van der Waals surface area contributed by atoms with E-state index in [2.05, 4.69) is 0 Å². The summed E-state index contributed by atoms with van der Waals surface area (Å²) in [7, 11) is 0. The summed E-state index contributed by atoms with van der Waals surface area (Å²) in [4.78, 5) is 22.0. The zero-order chi connectivity index (χ0) is 12.7. The van der Waals surface area contributed by atoms with E-state index in [1.807, 2.05) is 18.2 Å². The maximum atomic E-state index is 11.4. The molecule has 17 heavy (non-hydrogen) atoms. The molecule has 1 aromatic carbocycles. The summed E-state index contributed by atoms with van der Waals surface area (Å²) in [5, 5.41) is 10.7. The van der Waals surface area contributed by atoms with Crippen molar-refractivity contribution < 1.29 is 19.4 Å². The molecule has 0 aliphatic rings. The number of esters is 1. The fraction of sp³-hybridized carbons (Fsp3) is 0.385. The fourth-order valence-electron chi connectivity index (χ4n) is 1.66. The number of rotatable bonds is 6. The van der Waals surface area contributed by atoms with Crippen molar-refractivity contribution in [1.29, 1.82) is 0 Å². The van der Waals surface area contributed by atoms with E-state index in [9.17, 15) is 14.7 Å². The van der Waals surface area contributed by atoms with Crippen LogP contribution in [-0.4, -0.2) is 18.5 Å². The van der Waals surface area contributed by atoms with Gasteiger partial charge in [0.2, 0.25) is 0 Å². The van der Waals surface area contributed by atoms with Crippen molar-refractivity contribution in [3.05, 3.63) is 35.9 Å². The van der Waals surface area contributed by atoms with Gasteiger partial charge in [0.15, 0.2) is 0 Å². The van der Waals surface area contributed by atoms with Crippen molar-refractivity contribution in [1.82, 2.24) is 0 Å². The number of hydrogen-bond acceptors (Lipinski definition) is 4. The van der Waals surface area contributed by atoms with Gasteiger partial charge in [0, 0.05) is 5.97 Å². The van der Waals surface area contributed by atoms with Crippen molar-refractivity contribution in [2.45, 2.75) is 25.7 Å². The standard InChI is InChI=1S/C13H16O4/c1-2-17-13(16)9-11(8-12(14)15)10-6-4-3-5-7-10/h3-7,11H,2,8-9H2,1H3,(H,14,15)/p-1/t11-/m0/s1. The Bertz CT molecular complexity index is 372. The second-order valence-electron chi connectivity index (χ2n) is 3.69. The Labute approximate surface area is 100 Å². The quantitative estimate of drug-likeness (QED) is 0.686. The maximum Gasteiger partial charge on any atom is 0.306 e. The molecule has 1 rings (SSSR count). The number of benzene rings is 1. The lowest BCUT2D eigenvalue weighted by atomic mass is 9.93. The third kappa shape index (κ3) is 4.68. The van der Waals surface area contributed by atoms with Crippen LogP contribution in [0.4, 0.5) is 0 Å². The second kappa shape index (κ2) is 6.68. The smallest absolute Gasteiger partial charge is 0.306 e. The van der Waals surface area contributed by atoms with E-state index in [1.54, 1.807) is 19.1 Å². The van der Waals surface area contributed by atoms with Gasteiger partial charge >= 0.3 is 5.97 Å². The Hall–Kier alpha value is -1.84. The molecule has 0 aliphatic carbocycles. The lowest BCUT2D eigenvalue weighted by Crippen LogP contribution is -2.25. The maximum absolute atomic E-state index is 11.4. The average molecular weight is 235 g/mol. The molecule has 0 aliphatic heterocycles. The summed E-state index contributed by atoms with van der Waals surface area (Å²) in [6.45, 7) is 2.01. The van der Waals surface area contributed by atoms with Gasteiger partial charge in [-0.05, 0) is 24.8 Å². The summed E-state index contributed by atoms with van der Waals surface area (Å²) in [6, 6.07) is 9.05. The Balaban J connectivity index is 2.74. The van der Waals surface area contributed by atoms with E-state index in [1.165, 1.54) is 0 Å². The molecule has 0 N–H and O–H groups in total. The molecule has 0 amide bonds. The molecule has 0 saturated carbocycles. The van der Waals surface area contributed by atoms with Gasteiger partial charge in [-0.2, -0.15) is 0 Å². The van der Waals surface area contributed by atoms with E-state index >= 15 is 0 Å². The van der Waals surface area contributed by atoms with Crippen LogP contribution < -0.4 is 5.11 Å². The first-order valence-electron chi connectivity index (χ1n) is 5.54. The van der Waals surface area contributed by atoms with Crippen molar-refractivity contribution in [2.75, 3.05) is 6.61 Å². The second-order valence-corrected chi connectivity index (χ2v) is 3.69. The minimum Gasteiger partial charge on any atom is -0.550 e. The zero-order valence-corrected chi connectivity index (χ0v) is 9.72. The van der Waals surface area contributed by atoms with Crippen LogP contribution in [0.2, 0.25) is 0 Å². The molecular weight excluding hydrogens is 220 g/mol. The van der Waals surface area contributed by atoms with Crippen molar-refractivity contribution in [3.8, 4) is 0 Å². The van der Waals surface area contributed by atoms with Gasteiger partial charge in [-0.15, -0.1) is 0 Å². The number of ether oxygens (including phenoxy) is 1. The highest BCUT2D eigenvalue weighted by atomic mass is 16.5. The highest BCUT2D eigenvalue weighted by Gasteiger charge is 2.16. The molecule has 4 nitrogen and oxygen atoms in total. The van der Waals surface area contributed by atoms with Crippen LogP contribution in [0, 0.1) is 0 Å². The minimum absolute atomic E-state index is 0.0613.